The molecule has 0 nitrogen and oxygen atoms in total. The van der Waals surface area contributed by atoms with E-state index in [2.05, 4.69) is 50.8 Å². The monoisotopic (exact) mass is 308 g/mol. The predicted octanol–water partition coefficient (Wildman–Crippen LogP) is 6.25. The summed E-state index contributed by atoms with van der Waals surface area (Å²) in [5.74, 6) is 0. The van der Waals surface area contributed by atoms with E-state index in [1.807, 2.05) is 12.1 Å². The molecular formula is C21H21Cl. The largest absolute Gasteiger partial charge is 0.0911 e. The van der Waals surface area contributed by atoms with Gasteiger partial charge in [-0.15, -0.1) is 0 Å². The van der Waals surface area contributed by atoms with Gasteiger partial charge >= 0.3 is 0 Å². The van der Waals surface area contributed by atoms with E-state index in [9.17, 15) is 0 Å². The summed E-state index contributed by atoms with van der Waals surface area (Å²) in [4.78, 5) is 0. The minimum absolute atomic E-state index is 0.838. The Morgan fingerprint density at radius 2 is 1.95 bits per heavy atom. The number of halogens is 1. The van der Waals surface area contributed by atoms with E-state index in [1.165, 1.54) is 39.8 Å². The molecule has 0 N–H and O–H groups in total. The molecule has 1 aliphatic rings. The predicted molar refractivity (Wildman–Crippen MR) is 97.3 cm³/mol. The van der Waals surface area contributed by atoms with Crippen LogP contribution in [0.3, 0.4) is 0 Å². The number of aryl methyl sites for hydroxylation is 2. The fourth-order valence-corrected chi connectivity index (χ4v) is 3.51. The molecule has 0 fully saturated rings. The van der Waals surface area contributed by atoms with Crippen molar-refractivity contribution in [2.24, 2.45) is 0 Å². The Labute approximate surface area is 138 Å². The Balaban J connectivity index is 2.00. The number of hydrogen-bond acceptors (Lipinski definition) is 0. The first-order valence-corrected chi connectivity index (χ1v) is 8.25. The Kier molecular flexibility index (Phi) is 4.22. The quantitative estimate of drug-likeness (QED) is 0.628. The summed E-state index contributed by atoms with van der Waals surface area (Å²) in [6, 6.07) is 12.9. The SMILES string of the molecule is C=C1C=C(c2ccc(CCC)cc2C)Cc2c(Cl)cccc21. The molecule has 1 heteroatoms. The molecule has 1 aliphatic carbocycles. The molecule has 0 saturated carbocycles. The van der Waals surface area contributed by atoms with Crippen molar-refractivity contribution >= 4 is 22.7 Å². The van der Waals surface area contributed by atoms with Gasteiger partial charge in [0, 0.05) is 11.4 Å². The highest BCUT2D eigenvalue weighted by Gasteiger charge is 2.18. The zero-order valence-corrected chi connectivity index (χ0v) is 14.0. The minimum atomic E-state index is 0.838. The highest BCUT2D eigenvalue weighted by Crippen LogP contribution is 2.37. The first kappa shape index (κ1) is 15.1. The molecule has 22 heavy (non-hydrogen) atoms. The maximum atomic E-state index is 6.40. The number of hydrogen-bond donors (Lipinski definition) is 0. The molecule has 2 aromatic rings. The standard InChI is InChI=1S/C21H21Cl/c1-4-6-16-9-10-18(14(2)11-16)17-12-15(3)19-7-5-8-21(22)20(19)13-17/h5,7-12H,3-4,6,13H2,1-2H3. The van der Waals surface area contributed by atoms with Crippen molar-refractivity contribution in [2.45, 2.75) is 33.1 Å². The van der Waals surface area contributed by atoms with Crippen LogP contribution in [0.4, 0.5) is 0 Å². The third kappa shape index (κ3) is 2.76. The maximum Gasteiger partial charge on any atom is 0.0447 e. The second-order valence-electron chi connectivity index (χ2n) is 6.04. The van der Waals surface area contributed by atoms with E-state index < -0.39 is 0 Å². The number of allylic oxidation sites excluding steroid dienone is 3. The van der Waals surface area contributed by atoms with Gasteiger partial charge in [0.1, 0.15) is 0 Å². The van der Waals surface area contributed by atoms with Crippen LogP contribution in [0.15, 0.2) is 49.1 Å². The van der Waals surface area contributed by atoms with Gasteiger partial charge in [0.2, 0.25) is 0 Å². The third-order valence-electron chi connectivity index (χ3n) is 4.36. The van der Waals surface area contributed by atoms with Gasteiger partial charge in [0.05, 0.1) is 0 Å². The van der Waals surface area contributed by atoms with Crippen LogP contribution in [-0.4, -0.2) is 0 Å². The van der Waals surface area contributed by atoms with Gasteiger partial charge in [0.15, 0.2) is 0 Å². The number of benzene rings is 2. The third-order valence-corrected chi connectivity index (χ3v) is 4.71. The van der Waals surface area contributed by atoms with Crippen LogP contribution in [0.1, 0.15) is 41.2 Å². The fourth-order valence-electron chi connectivity index (χ4n) is 3.27. The van der Waals surface area contributed by atoms with E-state index in [-0.39, 0.29) is 0 Å². The summed E-state index contributed by atoms with van der Waals surface area (Å²) in [6.07, 6.45) is 5.41. The van der Waals surface area contributed by atoms with Crippen LogP contribution in [0, 0.1) is 6.92 Å². The van der Waals surface area contributed by atoms with Crippen LogP contribution in [0.25, 0.3) is 11.1 Å². The lowest BCUT2D eigenvalue weighted by atomic mass is 9.84. The van der Waals surface area contributed by atoms with Gasteiger partial charge in [-0.05, 0) is 58.4 Å². The second kappa shape index (κ2) is 6.14. The molecule has 0 heterocycles. The van der Waals surface area contributed by atoms with E-state index in [1.54, 1.807) is 0 Å². The molecule has 0 radical (unpaired) electrons. The van der Waals surface area contributed by atoms with Crippen LogP contribution in [-0.2, 0) is 12.8 Å². The summed E-state index contributed by atoms with van der Waals surface area (Å²) in [7, 11) is 0. The van der Waals surface area contributed by atoms with Gasteiger partial charge in [-0.1, -0.05) is 67.9 Å². The highest BCUT2D eigenvalue weighted by atomic mass is 35.5. The first-order valence-electron chi connectivity index (χ1n) is 7.87. The average Bonchev–Trinajstić information content (AvgIpc) is 2.49. The summed E-state index contributed by atoms with van der Waals surface area (Å²) >= 11 is 6.40. The zero-order chi connectivity index (χ0) is 15.7. The van der Waals surface area contributed by atoms with Gasteiger partial charge < -0.3 is 0 Å². The minimum Gasteiger partial charge on any atom is -0.0911 e. The molecular weight excluding hydrogens is 288 g/mol. The lowest BCUT2D eigenvalue weighted by Crippen LogP contribution is -2.04. The van der Waals surface area contributed by atoms with Gasteiger partial charge in [0.25, 0.3) is 0 Å². The van der Waals surface area contributed by atoms with Crippen LogP contribution in [0.2, 0.25) is 5.02 Å². The average molecular weight is 309 g/mol. The first-order chi connectivity index (χ1) is 10.6. The van der Waals surface area contributed by atoms with E-state index >= 15 is 0 Å². The normalized spacial score (nSPS) is 13.8. The van der Waals surface area contributed by atoms with Crippen molar-refractivity contribution in [1.82, 2.24) is 0 Å². The molecule has 0 unspecified atom stereocenters. The summed E-state index contributed by atoms with van der Waals surface area (Å²) in [6.45, 7) is 8.63. The smallest absolute Gasteiger partial charge is 0.0447 e. The number of rotatable bonds is 3. The molecule has 0 bridgehead atoms. The molecule has 0 amide bonds. The van der Waals surface area contributed by atoms with Crippen LogP contribution in [0.5, 0.6) is 0 Å². The van der Waals surface area contributed by atoms with Crippen LogP contribution < -0.4 is 0 Å². The molecule has 0 aromatic heterocycles. The summed E-state index contributed by atoms with van der Waals surface area (Å²) in [5, 5.41) is 0.838. The zero-order valence-electron chi connectivity index (χ0n) is 13.2. The van der Waals surface area contributed by atoms with Gasteiger partial charge in [-0.2, -0.15) is 0 Å². The lowest BCUT2D eigenvalue weighted by molar-refractivity contribution is 0.919. The molecule has 0 spiro atoms. The summed E-state index contributed by atoms with van der Waals surface area (Å²) in [5.41, 5.74) is 8.80. The Morgan fingerprint density at radius 3 is 2.68 bits per heavy atom. The van der Waals surface area contributed by atoms with Crippen molar-refractivity contribution in [3.63, 3.8) is 0 Å². The molecule has 0 aliphatic heterocycles. The fraction of sp³-hybridized carbons (Fsp3) is 0.238. The Bertz CT molecular complexity index is 765. The van der Waals surface area contributed by atoms with E-state index in [4.69, 9.17) is 11.6 Å². The highest BCUT2D eigenvalue weighted by molar-refractivity contribution is 6.31. The Hall–Kier alpha value is -1.79. The topological polar surface area (TPSA) is 0 Å². The molecule has 0 saturated heterocycles. The van der Waals surface area contributed by atoms with E-state index in [0.29, 0.717) is 0 Å². The van der Waals surface area contributed by atoms with Crippen molar-refractivity contribution in [3.05, 3.63) is 81.9 Å². The van der Waals surface area contributed by atoms with Gasteiger partial charge in [-0.3, -0.25) is 0 Å². The van der Waals surface area contributed by atoms with Crippen molar-refractivity contribution < 1.29 is 0 Å². The van der Waals surface area contributed by atoms with Crippen molar-refractivity contribution in [1.29, 1.82) is 0 Å². The van der Waals surface area contributed by atoms with Crippen molar-refractivity contribution in [3.8, 4) is 0 Å². The second-order valence-corrected chi connectivity index (χ2v) is 6.44. The molecule has 112 valence electrons. The molecule has 0 atom stereocenters. The molecule has 3 rings (SSSR count). The van der Waals surface area contributed by atoms with Crippen molar-refractivity contribution in [2.75, 3.05) is 0 Å². The lowest BCUT2D eigenvalue weighted by Gasteiger charge is -2.21. The molecule has 2 aromatic carbocycles. The Morgan fingerprint density at radius 1 is 1.14 bits per heavy atom. The van der Waals surface area contributed by atoms with Crippen LogP contribution >= 0.6 is 11.6 Å². The number of fused-ring (bicyclic) bond motifs is 1. The maximum absolute atomic E-state index is 6.40. The van der Waals surface area contributed by atoms with E-state index in [0.717, 1.165) is 23.4 Å². The summed E-state index contributed by atoms with van der Waals surface area (Å²) < 4.78 is 0. The van der Waals surface area contributed by atoms with Gasteiger partial charge in [-0.25, -0.2) is 0 Å².